The maximum atomic E-state index is 10.5. The van der Waals surface area contributed by atoms with E-state index in [-0.39, 0.29) is 0 Å². The van der Waals surface area contributed by atoms with Gasteiger partial charge in [-0.05, 0) is 30.7 Å². The van der Waals surface area contributed by atoms with E-state index in [4.69, 9.17) is 14.3 Å². The first-order valence-electron chi connectivity index (χ1n) is 6.32. The van der Waals surface area contributed by atoms with E-state index in [1.165, 1.54) is 17.8 Å². The molecule has 2 rings (SSSR count). The summed E-state index contributed by atoms with van der Waals surface area (Å²) in [5.74, 6) is 0.445. The lowest BCUT2D eigenvalue weighted by Crippen LogP contribution is -2.00. The molecule has 0 unspecified atom stereocenters. The molecule has 0 fully saturated rings. The summed E-state index contributed by atoms with van der Waals surface area (Å²) in [7, 11) is 0. The minimum absolute atomic E-state index is 0.512. The third-order valence-electron chi connectivity index (χ3n) is 2.45. The molecule has 0 saturated carbocycles. The van der Waals surface area contributed by atoms with Crippen LogP contribution in [0.3, 0.4) is 0 Å². The summed E-state index contributed by atoms with van der Waals surface area (Å²) in [6, 6.07) is 7.26. The number of aliphatic carboxylic acids is 1. The lowest BCUT2D eigenvalue weighted by molar-refractivity contribution is -0.131. The van der Waals surface area contributed by atoms with Crippen LogP contribution in [0.4, 0.5) is 0 Å². The highest BCUT2D eigenvalue weighted by Gasteiger charge is 2.01. The molecule has 1 aromatic carbocycles. The highest BCUT2D eigenvalue weighted by atomic mass is 32.2. The molecule has 0 saturated heterocycles. The molecule has 1 N–H and O–H groups in total. The molecule has 0 aliphatic heterocycles. The van der Waals surface area contributed by atoms with Gasteiger partial charge in [-0.2, -0.15) is 0 Å². The zero-order chi connectivity index (χ0) is 15.1. The van der Waals surface area contributed by atoms with Gasteiger partial charge < -0.3 is 14.3 Å². The Morgan fingerprint density at radius 1 is 1.52 bits per heavy atom. The van der Waals surface area contributed by atoms with E-state index >= 15 is 0 Å². The van der Waals surface area contributed by atoms with Crippen LogP contribution < -0.4 is 4.74 Å². The number of carboxylic acid groups (broad SMARTS) is 1. The van der Waals surface area contributed by atoms with Crippen LogP contribution in [0.1, 0.15) is 11.3 Å². The highest BCUT2D eigenvalue weighted by molar-refractivity contribution is 7.99. The van der Waals surface area contributed by atoms with Crippen molar-refractivity contribution in [1.82, 2.24) is 4.98 Å². The Morgan fingerprint density at radius 3 is 3.10 bits per heavy atom. The standard InChI is InChI=1S/C15H15NO4S/c1-11-10-20-15(16-11)21-8-7-19-13-4-2-3-12(9-13)5-6-14(17)18/h2-6,9-10H,7-8H2,1H3,(H,17,18)/b6-5+. The average Bonchev–Trinajstić information content (AvgIpc) is 2.87. The molecule has 0 bridgehead atoms. The maximum Gasteiger partial charge on any atom is 0.328 e. The minimum Gasteiger partial charge on any atom is -0.493 e. The molecule has 6 heteroatoms. The first kappa shape index (κ1) is 15.2. The van der Waals surface area contributed by atoms with Crippen LogP contribution in [0, 0.1) is 6.92 Å². The normalized spacial score (nSPS) is 10.9. The molecular formula is C15H15NO4S. The van der Waals surface area contributed by atoms with Crippen molar-refractivity contribution >= 4 is 23.8 Å². The van der Waals surface area contributed by atoms with E-state index in [9.17, 15) is 4.79 Å². The van der Waals surface area contributed by atoms with E-state index in [1.807, 2.05) is 25.1 Å². The SMILES string of the molecule is Cc1coc(SCCOc2cccc(/C=C/C(=O)O)c2)n1. The number of hydrogen-bond acceptors (Lipinski definition) is 5. The van der Waals surface area contributed by atoms with E-state index in [0.717, 1.165) is 23.1 Å². The van der Waals surface area contributed by atoms with Gasteiger partial charge in [0, 0.05) is 11.8 Å². The smallest absolute Gasteiger partial charge is 0.328 e. The number of oxazole rings is 1. The fourth-order valence-electron chi connectivity index (χ4n) is 1.56. The zero-order valence-corrected chi connectivity index (χ0v) is 12.3. The molecule has 0 aliphatic rings. The number of ether oxygens (including phenoxy) is 1. The number of rotatable bonds is 7. The van der Waals surface area contributed by atoms with Crippen molar-refractivity contribution in [1.29, 1.82) is 0 Å². The Morgan fingerprint density at radius 2 is 2.38 bits per heavy atom. The highest BCUT2D eigenvalue weighted by Crippen LogP contribution is 2.18. The van der Waals surface area contributed by atoms with Crippen molar-refractivity contribution in [3.8, 4) is 5.75 Å². The number of thioether (sulfide) groups is 1. The summed E-state index contributed by atoms with van der Waals surface area (Å²) >= 11 is 1.48. The maximum absolute atomic E-state index is 10.5. The molecule has 21 heavy (non-hydrogen) atoms. The zero-order valence-electron chi connectivity index (χ0n) is 11.5. The number of carboxylic acids is 1. The fraction of sp³-hybridized carbons (Fsp3) is 0.200. The summed E-state index contributed by atoms with van der Waals surface area (Å²) < 4.78 is 10.8. The molecule has 1 aromatic heterocycles. The van der Waals surface area contributed by atoms with Crippen LogP contribution in [-0.4, -0.2) is 28.4 Å². The van der Waals surface area contributed by atoms with Crippen LogP contribution in [0.15, 0.2) is 46.2 Å². The first-order chi connectivity index (χ1) is 10.1. The predicted octanol–water partition coefficient (Wildman–Crippen LogP) is 3.25. The second kappa shape index (κ2) is 7.54. The van der Waals surface area contributed by atoms with Crippen LogP contribution in [0.5, 0.6) is 5.75 Å². The molecule has 2 aromatic rings. The van der Waals surface area contributed by atoms with E-state index in [2.05, 4.69) is 4.98 Å². The third-order valence-corrected chi connectivity index (χ3v) is 3.26. The van der Waals surface area contributed by atoms with Gasteiger partial charge in [-0.1, -0.05) is 23.9 Å². The monoisotopic (exact) mass is 305 g/mol. The molecule has 1 heterocycles. The van der Waals surface area contributed by atoms with Gasteiger partial charge in [0.05, 0.1) is 12.3 Å². The van der Waals surface area contributed by atoms with Crippen molar-refractivity contribution in [3.05, 3.63) is 47.9 Å². The van der Waals surface area contributed by atoms with Crippen molar-refractivity contribution in [2.75, 3.05) is 12.4 Å². The molecule has 110 valence electrons. The molecule has 0 aliphatic carbocycles. The van der Waals surface area contributed by atoms with Gasteiger partial charge >= 0.3 is 5.97 Å². The lowest BCUT2D eigenvalue weighted by atomic mass is 10.2. The average molecular weight is 305 g/mol. The molecule has 0 atom stereocenters. The summed E-state index contributed by atoms with van der Waals surface area (Å²) in [6.45, 7) is 2.39. The van der Waals surface area contributed by atoms with Crippen LogP contribution in [0.2, 0.25) is 0 Å². The topological polar surface area (TPSA) is 72.6 Å². The van der Waals surface area contributed by atoms with Gasteiger partial charge in [0.25, 0.3) is 5.22 Å². The Kier molecular flexibility index (Phi) is 5.45. The van der Waals surface area contributed by atoms with Crippen molar-refractivity contribution < 1.29 is 19.1 Å². The lowest BCUT2D eigenvalue weighted by Gasteiger charge is -2.05. The molecule has 0 amide bonds. The Hall–Kier alpha value is -2.21. The molecular weight excluding hydrogens is 290 g/mol. The third kappa shape index (κ3) is 5.35. The van der Waals surface area contributed by atoms with E-state index < -0.39 is 5.97 Å². The first-order valence-corrected chi connectivity index (χ1v) is 7.31. The van der Waals surface area contributed by atoms with Gasteiger partial charge in [0.2, 0.25) is 0 Å². The van der Waals surface area contributed by atoms with Gasteiger partial charge in [0.15, 0.2) is 0 Å². The van der Waals surface area contributed by atoms with Crippen LogP contribution in [0.25, 0.3) is 6.08 Å². The second-order valence-electron chi connectivity index (χ2n) is 4.20. The van der Waals surface area contributed by atoms with Crippen LogP contribution in [-0.2, 0) is 4.79 Å². The summed E-state index contributed by atoms with van der Waals surface area (Å²) in [5, 5.41) is 9.23. The minimum atomic E-state index is -0.973. The number of carbonyl (C=O) groups is 1. The second-order valence-corrected chi connectivity index (χ2v) is 5.24. The summed E-state index contributed by atoms with van der Waals surface area (Å²) in [6.07, 6.45) is 4.24. The van der Waals surface area contributed by atoms with Gasteiger partial charge in [-0.15, -0.1) is 0 Å². The Bertz CT molecular complexity index is 636. The van der Waals surface area contributed by atoms with Gasteiger partial charge in [-0.25, -0.2) is 9.78 Å². The van der Waals surface area contributed by atoms with Crippen molar-refractivity contribution in [2.24, 2.45) is 0 Å². The summed E-state index contributed by atoms with van der Waals surface area (Å²) in [4.78, 5) is 14.7. The predicted molar refractivity (Wildman–Crippen MR) is 80.6 cm³/mol. The number of aromatic nitrogens is 1. The number of nitrogens with zero attached hydrogens (tertiary/aromatic N) is 1. The van der Waals surface area contributed by atoms with Gasteiger partial charge in [-0.3, -0.25) is 0 Å². The van der Waals surface area contributed by atoms with Crippen molar-refractivity contribution in [2.45, 2.75) is 12.1 Å². The number of aryl methyl sites for hydroxylation is 1. The largest absolute Gasteiger partial charge is 0.493 e. The molecule has 5 nitrogen and oxygen atoms in total. The number of benzene rings is 1. The Labute approximate surface area is 126 Å². The number of hydrogen-bond donors (Lipinski definition) is 1. The Balaban J connectivity index is 1.80. The van der Waals surface area contributed by atoms with E-state index in [0.29, 0.717) is 17.6 Å². The quantitative estimate of drug-likeness (QED) is 0.481. The molecule has 0 radical (unpaired) electrons. The van der Waals surface area contributed by atoms with Crippen molar-refractivity contribution in [3.63, 3.8) is 0 Å². The molecule has 0 spiro atoms. The fourth-order valence-corrected chi connectivity index (χ4v) is 2.23. The van der Waals surface area contributed by atoms with Crippen LogP contribution >= 0.6 is 11.8 Å². The van der Waals surface area contributed by atoms with Gasteiger partial charge in [0.1, 0.15) is 12.0 Å². The van der Waals surface area contributed by atoms with E-state index in [1.54, 1.807) is 12.3 Å². The summed E-state index contributed by atoms with van der Waals surface area (Å²) in [5.41, 5.74) is 1.64.